The maximum atomic E-state index is 12.9. The summed E-state index contributed by atoms with van der Waals surface area (Å²) in [6.07, 6.45) is -5.59. The summed E-state index contributed by atoms with van der Waals surface area (Å²) in [5.74, 6) is -1.63. The number of aliphatic hydroxyl groups excluding tert-OH is 1. The van der Waals surface area contributed by atoms with Crippen molar-refractivity contribution < 1.29 is 56.8 Å². The second-order valence-electron chi connectivity index (χ2n) is 8.39. The van der Waals surface area contributed by atoms with Crippen LogP contribution in [0, 0.1) is 0 Å². The minimum absolute atomic E-state index is 0. The van der Waals surface area contributed by atoms with Gasteiger partial charge in [0.05, 0.1) is 20.0 Å². The number of esters is 1. The molecule has 1 unspecified atom stereocenters. The van der Waals surface area contributed by atoms with Crippen LogP contribution in [-0.4, -0.2) is 51.5 Å². The zero-order chi connectivity index (χ0) is 29.8. The van der Waals surface area contributed by atoms with Gasteiger partial charge in [-0.1, -0.05) is 36.4 Å². The van der Waals surface area contributed by atoms with Crippen molar-refractivity contribution in [2.24, 2.45) is 0 Å². The normalized spacial score (nSPS) is 20.5. The van der Waals surface area contributed by atoms with Gasteiger partial charge in [-0.25, -0.2) is 9.59 Å². The minimum atomic E-state index is -5.99. The first kappa shape index (κ1) is 38.3. The number of anilines is 1. The molecule has 2 aromatic carbocycles. The number of carbonyl (C=O) groups excluding carboxylic acids is 2. The Balaban J connectivity index is 0.00000323. The number of hydrogen-bond acceptors (Lipinski definition) is 14. The zero-order valence-electron chi connectivity index (χ0n) is 23.6. The van der Waals surface area contributed by atoms with E-state index >= 15 is 0 Å². The van der Waals surface area contributed by atoms with Crippen molar-refractivity contribution in [3.63, 3.8) is 0 Å². The Hall–Kier alpha value is -3.68. The largest absolute Gasteiger partial charge is 0.790 e. The van der Waals surface area contributed by atoms with Crippen LogP contribution < -0.4 is 44.1 Å². The molecule has 1 amide bonds. The standard InChI is InChI=1S/C23H23N3O13P2.3H3N/c27-18-16(13-36-41(34,35)39-40(31,32)33)37-21(19(18)38-22(29)15-9-5-2-6-10-15)26-12-11-17(25-23(26)30)24-20(28)14-7-3-1-4-8-14;;;/h1-12,16,18-19,21,27H,13H2,(H,34,35)(H2,31,32,33)(H,24,25,28,30);3*1H3/t16-,18-,19+,21-;;;/m1.../s1. The number of amides is 1. The Kier molecular flexibility index (Phi) is 13.8. The van der Waals surface area contributed by atoms with E-state index < -0.39 is 64.4 Å². The lowest BCUT2D eigenvalue weighted by Crippen LogP contribution is -2.39. The summed E-state index contributed by atoms with van der Waals surface area (Å²) < 4.78 is 41.8. The number of carbonyl (C=O) groups is 2. The summed E-state index contributed by atoms with van der Waals surface area (Å²) >= 11 is 0. The van der Waals surface area contributed by atoms with Crippen molar-refractivity contribution in [3.8, 4) is 0 Å². The molecule has 1 saturated heterocycles. The fourth-order valence-electron chi connectivity index (χ4n) is 3.74. The number of nitrogens with zero attached hydrogens (tertiary/aromatic N) is 2. The van der Waals surface area contributed by atoms with Crippen molar-refractivity contribution in [1.82, 2.24) is 28.0 Å². The maximum absolute atomic E-state index is 12.9. The molecule has 5 atom stereocenters. The number of aliphatic hydroxyl groups is 1. The third-order valence-electron chi connectivity index (χ3n) is 5.54. The lowest BCUT2D eigenvalue weighted by atomic mass is 10.1. The summed E-state index contributed by atoms with van der Waals surface area (Å²) in [5, 5.41) is 13.3. The zero-order valence-corrected chi connectivity index (χ0v) is 25.4. The molecule has 0 spiro atoms. The van der Waals surface area contributed by atoms with Gasteiger partial charge in [0.25, 0.3) is 13.7 Å². The molecule has 1 fully saturated rings. The molecule has 0 bridgehead atoms. The van der Waals surface area contributed by atoms with Crippen molar-refractivity contribution >= 4 is 33.3 Å². The van der Waals surface area contributed by atoms with E-state index in [4.69, 9.17) is 9.47 Å². The van der Waals surface area contributed by atoms with Gasteiger partial charge in [0.2, 0.25) is 0 Å². The van der Waals surface area contributed by atoms with Crippen LogP contribution in [0.1, 0.15) is 26.9 Å². The average Bonchev–Trinajstić information content (AvgIpc) is 3.22. The molecule has 1 aromatic heterocycles. The topological polar surface area (TPSA) is 351 Å². The predicted molar refractivity (Wildman–Crippen MR) is 149 cm³/mol. The Morgan fingerprint density at radius 3 is 2.07 bits per heavy atom. The summed E-state index contributed by atoms with van der Waals surface area (Å²) in [6.45, 7) is -1.09. The highest BCUT2D eigenvalue weighted by Crippen LogP contribution is 2.50. The van der Waals surface area contributed by atoms with E-state index in [1.165, 1.54) is 30.3 Å². The van der Waals surface area contributed by atoms with Gasteiger partial charge >= 0.3 is 11.7 Å². The smallest absolute Gasteiger partial charge is 0.351 e. The molecule has 14 N–H and O–H groups in total. The van der Waals surface area contributed by atoms with Crippen LogP contribution in [0.15, 0.2) is 77.7 Å². The predicted octanol–water partition coefficient (Wildman–Crippen LogP) is 0.438. The van der Waals surface area contributed by atoms with Gasteiger partial charge in [0, 0.05) is 11.8 Å². The van der Waals surface area contributed by atoms with E-state index in [0.717, 1.165) is 10.8 Å². The fourth-order valence-corrected chi connectivity index (χ4v) is 5.24. The molecule has 44 heavy (non-hydrogen) atoms. The number of ether oxygens (including phenoxy) is 2. The maximum Gasteiger partial charge on any atom is 0.351 e. The molecule has 21 heteroatoms. The van der Waals surface area contributed by atoms with E-state index in [1.807, 2.05) is 0 Å². The molecule has 0 radical (unpaired) electrons. The average molecular weight is 662 g/mol. The van der Waals surface area contributed by atoms with Crippen LogP contribution >= 0.6 is 15.6 Å². The van der Waals surface area contributed by atoms with Gasteiger partial charge < -0.3 is 62.1 Å². The van der Waals surface area contributed by atoms with E-state index in [2.05, 4.69) is 19.1 Å². The minimum Gasteiger partial charge on any atom is -0.790 e. The highest BCUT2D eigenvalue weighted by molar-refractivity contribution is 7.58. The third kappa shape index (κ3) is 9.93. The number of quaternary nitrogens is 3. The molecule has 19 nitrogen and oxygen atoms in total. The molecule has 1 aliphatic rings. The summed E-state index contributed by atoms with van der Waals surface area (Å²) in [6, 6.07) is 16.8. The van der Waals surface area contributed by atoms with Gasteiger partial charge in [-0.05, 0) is 30.3 Å². The van der Waals surface area contributed by atoms with Crippen LogP contribution in [0.4, 0.5) is 5.82 Å². The van der Waals surface area contributed by atoms with Crippen molar-refractivity contribution in [2.45, 2.75) is 24.5 Å². The molecule has 0 aliphatic carbocycles. The van der Waals surface area contributed by atoms with Crippen LogP contribution in [0.3, 0.4) is 0 Å². The first-order valence-corrected chi connectivity index (χ1v) is 14.5. The van der Waals surface area contributed by atoms with Crippen LogP contribution in [0.5, 0.6) is 0 Å². The van der Waals surface area contributed by atoms with E-state index in [0.29, 0.717) is 5.56 Å². The number of rotatable bonds is 10. The van der Waals surface area contributed by atoms with Crippen LogP contribution in [-0.2, 0) is 27.4 Å². The Morgan fingerprint density at radius 1 is 0.955 bits per heavy atom. The molecule has 3 aromatic rings. The highest BCUT2D eigenvalue weighted by atomic mass is 31.3. The second-order valence-corrected chi connectivity index (χ2v) is 11.1. The second kappa shape index (κ2) is 15.9. The van der Waals surface area contributed by atoms with Gasteiger partial charge in [0.15, 0.2) is 12.3 Å². The monoisotopic (exact) mass is 662 g/mol. The number of phosphoric ester groups is 1. The van der Waals surface area contributed by atoms with Crippen LogP contribution in [0.2, 0.25) is 0 Å². The summed E-state index contributed by atoms with van der Waals surface area (Å²) in [5.41, 5.74) is -0.657. The molecule has 4 rings (SSSR count). The molecular weight excluding hydrogens is 630 g/mol. The lowest BCUT2D eigenvalue weighted by molar-refractivity contribution is -0.339. The number of phosphoric acid groups is 2. The van der Waals surface area contributed by atoms with E-state index in [9.17, 15) is 43.3 Å². The number of aromatic nitrogens is 2. The number of nitrogens with one attached hydrogen (secondary N) is 1. The highest BCUT2D eigenvalue weighted by Gasteiger charge is 2.48. The Morgan fingerprint density at radius 2 is 1.52 bits per heavy atom. The van der Waals surface area contributed by atoms with Crippen molar-refractivity contribution in [3.05, 3.63) is 94.5 Å². The molecule has 1 aliphatic heterocycles. The van der Waals surface area contributed by atoms with Crippen LogP contribution in [0.25, 0.3) is 0 Å². The third-order valence-corrected chi connectivity index (χ3v) is 7.61. The van der Waals surface area contributed by atoms with Crippen molar-refractivity contribution in [2.75, 3.05) is 11.9 Å². The Bertz CT molecular complexity index is 1560. The quantitative estimate of drug-likeness (QED) is 0.145. The summed E-state index contributed by atoms with van der Waals surface area (Å²) in [7, 11) is -11.7. The lowest BCUT2D eigenvalue weighted by Gasteiger charge is -2.35. The Labute approximate surface area is 249 Å². The first-order chi connectivity index (χ1) is 19.3. The molecule has 242 valence electrons. The van der Waals surface area contributed by atoms with Gasteiger partial charge in [-0.15, -0.1) is 0 Å². The molecular formula is C23H32N6O13P2. The van der Waals surface area contributed by atoms with Gasteiger partial charge in [-0.2, -0.15) is 4.98 Å². The molecule has 0 saturated carbocycles. The van der Waals surface area contributed by atoms with Gasteiger partial charge in [0.1, 0.15) is 18.0 Å². The summed E-state index contributed by atoms with van der Waals surface area (Å²) in [4.78, 5) is 74.7. The SMILES string of the molecule is O=C(Nc1ccn([C@@H]2O[C@H](COP(=O)([O-])OP(=O)([O-])[O-])[C@@H](O)[C@@H]2OC(=O)c2ccccc2)c(=O)n1)c1ccccc1.[NH4+].[NH4+].[NH4+]. The van der Waals surface area contributed by atoms with E-state index in [-0.39, 0.29) is 29.8 Å². The van der Waals surface area contributed by atoms with Gasteiger partial charge in [-0.3, -0.25) is 18.2 Å². The number of hydrogen-bond donors (Lipinski definition) is 5. The van der Waals surface area contributed by atoms with E-state index in [1.54, 1.807) is 36.4 Å². The number of benzene rings is 2. The fraction of sp³-hybridized carbons (Fsp3) is 0.217. The van der Waals surface area contributed by atoms with Crippen molar-refractivity contribution in [1.29, 1.82) is 0 Å². The molecule has 2 heterocycles. The first-order valence-electron chi connectivity index (χ1n) is 11.6.